The molecule has 0 bridgehead atoms. The van der Waals surface area contributed by atoms with Gasteiger partial charge in [0.1, 0.15) is 0 Å². The smallest absolute Gasteiger partial charge is 0.194 e. The fraction of sp³-hybridized carbons (Fsp3) is 0.615. The second-order valence-corrected chi connectivity index (χ2v) is 5.91. The van der Waals surface area contributed by atoms with Crippen molar-refractivity contribution in [2.45, 2.75) is 51.6 Å². The largest absolute Gasteiger partial charge is 0.306 e. The fourth-order valence-electron chi connectivity index (χ4n) is 2.68. The molecule has 3 rings (SSSR count). The van der Waals surface area contributed by atoms with Crippen molar-refractivity contribution in [3.8, 4) is 0 Å². The van der Waals surface area contributed by atoms with E-state index in [1.165, 1.54) is 31.4 Å². The molecule has 0 amide bonds. The zero-order chi connectivity index (χ0) is 11.9. The predicted octanol–water partition coefficient (Wildman–Crippen LogP) is 3.13. The molecule has 2 aromatic rings. The van der Waals surface area contributed by atoms with Gasteiger partial charge in [-0.2, -0.15) is 0 Å². The van der Waals surface area contributed by atoms with Gasteiger partial charge in [0.15, 0.2) is 4.96 Å². The summed E-state index contributed by atoms with van der Waals surface area (Å²) in [6.45, 7) is 5.34. The first-order valence-corrected chi connectivity index (χ1v) is 7.28. The van der Waals surface area contributed by atoms with Crippen molar-refractivity contribution in [2.24, 2.45) is 0 Å². The molecule has 0 saturated heterocycles. The van der Waals surface area contributed by atoms with Crippen LogP contribution in [0.15, 0.2) is 11.6 Å². The SMILES string of the molecule is CCC1(NCc2c(C)nc3sccn23)CCC1. The number of aryl methyl sites for hydroxylation is 1. The van der Waals surface area contributed by atoms with Crippen molar-refractivity contribution in [2.75, 3.05) is 0 Å². The zero-order valence-electron chi connectivity index (χ0n) is 10.5. The highest BCUT2D eigenvalue weighted by Gasteiger charge is 2.34. The van der Waals surface area contributed by atoms with Crippen molar-refractivity contribution in [3.05, 3.63) is 23.0 Å². The molecule has 92 valence electrons. The highest BCUT2D eigenvalue weighted by Crippen LogP contribution is 2.35. The zero-order valence-corrected chi connectivity index (χ0v) is 11.3. The van der Waals surface area contributed by atoms with Crippen molar-refractivity contribution in [1.82, 2.24) is 14.7 Å². The van der Waals surface area contributed by atoms with Crippen molar-refractivity contribution >= 4 is 16.3 Å². The quantitative estimate of drug-likeness (QED) is 0.902. The average molecular weight is 249 g/mol. The van der Waals surface area contributed by atoms with Crippen LogP contribution in [0.4, 0.5) is 0 Å². The van der Waals surface area contributed by atoms with Crippen LogP contribution in [0.25, 0.3) is 4.96 Å². The van der Waals surface area contributed by atoms with E-state index in [2.05, 4.69) is 40.1 Å². The number of hydrogen-bond donors (Lipinski definition) is 1. The average Bonchev–Trinajstić information content (AvgIpc) is 2.79. The van der Waals surface area contributed by atoms with E-state index in [0.29, 0.717) is 5.54 Å². The van der Waals surface area contributed by atoms with E-state index in [-0.39, 0.29) is 0 Å². The minimum atomic E-state index is 0.409. The third kappa shape index (κ3) is 1.79. The van der Waals surface area contributed by atoms with E-state index in [4.69, 9.17) is 0 Å². The Labute approximate surface area is 106 Å². The van der Waals surface area contributed by atoms with Gasteiger partial charge in [-0.25, -0.2) is 4.98 Å². The second-order valence-electron chi connectivity index (χ2n) is 5.04. The van der Waals surface area contributed by atoms with Gasteiger partial charge in [-0.1, -0.05) is 6.92 Å². The maximum Gasteiger partial charge on any atom is 0.194 e. The molecular formula is C13H19N3S. The first-order chi connectivity index (χ1) is 8.24. The molecule has 2 aromatic heterocycles. The van der Waals surface area contributed by atoms with E-state index in [0.717, 1.165) is 17.2 Å². The number of nitrogens with zero attached hydrogens (tertiary/aromatic N) is 2. The van der Waals surface area contributed by atoms with Crippen LogP contribution in [0.5, 0.6) is 0 Å². The predicted molar refractivity (Wildman–Crippen MR) is 71.5 cm³/mol. The van der Waals surface area contributed by atoms with Gasteiger partial charge in [0.2, 0.25) is 0 Å². The van der Waals surface area contributed by atoms with Crippen LogP contribution in [-0.2, 0) is 6.54 Å². The van der Waals surface area contributed by atoms with Crippen molar-refractivity contribution in [1.29, 1.82) is 0 Å². The maximum atomic E-state index is 4.58. The van der Waals surface area contributed by atoms with Gasteiger partial charge < -0.3 is 5.32 Å². The van der Waals surface area contributed by atoms with Crippen LogP contribution in [0, 0.1) is 6.92 Å². The summed E-state index contributed by atoms with van der Waals surface area (Å²) >= 11 is 1.71. The Balaban J connectivity index is 1.80. The minimum absolute atomic E-state index is 0.409. The molecule has 0 atom stereocenters. The standard InChI is InChI=1S/C13H19N3S/c1-3-13(5-4-6-13)14-9-11-10(2)15-12-16(11)7-8-17-12/h7-8,14H,3-6,9H2,1-2H3. The number of thiazole rings is 1. The van der Waals surface area contributed by atoms with Crippen LogP contribution < -0.4 is 5.32 Å². The molecule has 1 N–H and O–H groups in total. The lowest BCUT2D eigenvalue weighted by atomic mass is 9.75. The Morgan fingerprint density at radius 2 is 2.35 bits per heavy atom. The van der Waals surface area contributed by atoms with Gasteiger partial charge in [-0.05, 0) is 32.6 Å². The third-order valence-corrected chi connectivity index (χ3v) is 4.94. The minimum Gasteiger partial charge on any atom is -0.306 e. The molecule has 17 heavy (non-hydrogen) atoms. The van der Waals surface area contributed by atoms with E-state index < -0.39 is 0 Å². The molecule has 0 radical (unpaired) electrons. The van der Waals surface area contributed by atoms with E-state index >= 15 is 0 Å². The summed E-state index contributed by atoms with van der Waals surface area (Å²) in [4.78, 5) is 5.69. The topological polar surface area (TPSA) is 29.3 Å². The first kappa shape index (κ1) is 11.2. The summed E-state index contributed by atoms with van der Waals surface area (Å²) in [5, 5.41) is 5.85. The van der Waals surface area contributed by atoms with Crippen LogP contribution in [0.3, 0.4) is 0 Å². The van der Waals surface area contributed by atoms with Gasteiger partial charge in [0, 0.05) is 23.7 Å². The molecular weight excluding hydrogens is 230 g/mol. The molecule has 0 aromatic carbocycles. The molecule has 3 nitrogen and oxygen atoms in total. The Bertz CT molecular complexity index is 516. The van der Waals surface area contributed by atoms with Crippen molar-refractivity contribution < 1.29 is 0 Å². The number of imidazole rings is 1. The van der Waals surface area contributed by atoms with Gasteiger partial charge in [0.25, 0.3) is 0 Å². The second kappa shape index (κ2) is 4.10. The summed E-state index contributed by atoms with van der Waals surface area (Å²) in [6.07, 6.45) is 7.39. The van der Waals surface area contributed by atoms with E-state index in [1.54, 1.807) is 11.3 Å². The molecule has 2 heterocycles. The molecule has 0 spiro atoms. The van der Waals surface area contributed by atoms with Crippen molar-refractivity contribution in [3.63, 3.8) is 0 Å². The van der Waals surface area contributed by atoms with E-state index in [9.17, 15) is 0 Å². The molecule has 1 saturated carbocycles. The molecule has 0 unspecified atom stereocenters. The fourth-order valence-corrected chi connectivity index (χ4v) is 3.46. The highest BCUT2D eigenvalue weighted by atomic mass is 32.1. The van der Waals surface area contributed by atoms with E-state index in [1.807, 2.05) is 0 Å². The van der Waals surface area contributed by atoms with Crippen LogP contribution in [0.2, 0.25) is 0 Å². The monoisotopic (exact) mass is 249 g/mol. The molecule has 1 aliphatic rings. The summed E-state index contributed by atoms with van der Waals surface area (Å²) in [6, 6.07) is 0. The summed E-state index contributed by atoms with van der Waals surface area (Å²) in [7, 11) is 0. The maximum absolute atomic E-state index is 4.58. The first-order valence-electron chi connectivity index (χ1n) is 6.40. The van der Waals surface area contributed by atoms with Crippen LogP contribution in [0.1, 0.15) is 44.0 Å². The summed E-state index contributed by atoms with van der Waals surface area (Å²) < 4.78 is 2.22. The lowest BCUT2D eigenvalue weighted by Crippen LogP contribution is -2.50. The Morgan fingerprint density at radius 1 is 1.53 bits per heavy atom. The lowest BCUT2D eigenvalue weighted by Gasteiger charge is -2.42. The molecule has 1 aliphatic carbocycles. The lowest BCUT2D eigenvalue weighted by molar-refractivity contribution is 0.174. The Kier molecular flexibility index (Phi) is 2.71. The summed E-state index contributed by atoms with van der Waals surface area (Å²) in [5.41, 5.74) is 2.89. The Hall–Kier alpha value is -0.870. The van der Waals surface area contributed by atoms with Gasteiger partial charge in [0.05, 0.1) is 11.4 Å². The molecule has 4 heteroatoms. The van der Waals surface area contributed by atoms with Gasteiger partial charge in [-0.3, -0.25) is 4.40 Å². The molecule has 1 fully saturated rings. The number of nitrogens with one attached hydrogen (secondary N) is 1. The highest BCUT2D eigenvalue weighted by molar-refractivity contribution is 7.15. The molecule has 0 aliphatic heterocycles. The number of aromatic nitrogens is 2. The third-order valence-electron chi connectivity index (χ3n) is 4.18. The summed E-state index contributed by atoms with van der Waals surface area (Å²) in [5.74, 6) is 0. The number of fused-ring (bicyclic) bond motifs is 1. The number of hydrogen-bond acceptors (Lipinski definition) is 3. The van der Waals surface area contributed by atoms with Crippen LogP contribution >= 0.6 is 11.3 Å². The van der Waals surface area contributed by atoms with Crippen LogP contribution in [-0.4, -0.2) is 14.9 Å². The van der Waals surface area contributed by atoms with Gasteiger partial charge in [-0.15, -0.1) is 11.3 Å². The van der Waals surface area contributed by atoms with Gasteiger partial charge >= 0.3 is 0 Å². The normalized spacial score (nSPS) is 18.5. The number of rotatable bonds is 4. The Morgan fingerprint density at radius 3 is 3.00 bits per heavy atom.